The highest BCUT2D eigenvalue weighted by Crippen LogP contribution is 2.36. The summed E-state index contributed by atoms with van der Waals surface area (Å²) in [6, 6.07) is 2.42. The second-order valence-corrected chi connectivity index (χ2v) is 8.57. The third kappa shape index (κ3) is 5.35. The molecule has 0 unspecified atom stereocenters. The Balaban J connectivity index is 2.78. The molecule has 0 N–H and O–H groups in total. The number of nitro groups is 1. The van der Waals surface area contributed by atoms with Crippen molar-refractivity contribution in [3.63, 3.8) is 0 Å². The van der Waals surface area contributed by atoms with Crippen LogP contribution in [0.5, 0.6) is 5.88 Å². The zero-order valence-electron chi connectivity index (χ0n) is 20.0. The summed E-state index contributed by atoms with van der Waals surface area (Å²) in [5.74, 6) is -3.93. The average molecular weight is 481 g/mol. The van der Waals surface area contributed by atoms with Gasteiger partial charge in [0.25, 0.3) is 5.69 Å². The van der Waals surface area contributed by atoms with E-state index in [2.05, 4.69) is 9.84 Å². The largest absolute Gasteiger partial charge is 0.491 e. The van der Waals surface area contributed by atoms with Crippen molar-refractivity contribution in [3.8, 4) is 5.88 Å². The van der Waals surface area contributed by atoms with Crippen LogP contribution in [0.2, 0.25) is 0 Å². The highest BCUT2D eigenvalue weighted by molar-refractivity contribution is 6.13. The van der Waals surface area contributed by atoms with Gasteiger partial charge in [-0.15, -0.1) is 0 Å². The van der Waals surface area contributed by atoms with Gasteiger partial charge in [0.1, 0.15) is 5.56 Å². The van der Waals surface area contributed by atoms with Crippen molar-refractivity contribution in [2.75, 3.05) is 0 Å². The van der Waals surface area contributed by atoms with Crippen LogP contribution in [-0.2, 0) is 11.3 Å². The maximum Gasteiger partial charge on any atom is 0.491 e. The highest BCUT2D eigenvalue weighted by atomic mass is 19.4. The fraction of sp³-hybridized carbons (Fsp3) is 0.435. The van der Waals surface area contributed by atoms with Crippen molar-refractivity contribution in [3.05, 3.63) is 55.8 Å². The lowest BCUT2D eigenvalue weighted by Gasteiger charge is -2.15. The standard InChI is InChI=1S/C23H26F3N3O5/c1-11(2)10-28-21(34-22(31)23(24,25)26)19(15(7)27-28)20(30)16-8-9-17(29(32)33)18(14(16)6)13(5)12(3)4/h8-9,11H,10H2,1-7H3. The number of carbonyl (C=O) groups excluding carboxylic acids is 2. The van der Waals surface area contributed by atoms with E-state index >= 15 is 0 Å². The number of esters is 1. The molecule has 0 radical (unpaired) electrons. The molecule has 34 heavy (non-hydrogen) atoms. The topological polar surface area (TPSA) is 104 Å². The van der Waals surface area contributed by atoms with Gasteiger partial charge in [0.2, 0.25) is 11.7 Å². The van der Waals surface area contributed by atoms with Crippen LogP contribution >= 0.6 is 0 Å². The summed E-state index contributed by atoms with van der Waals surface area (Å²) in [7, 11) is 0. The van der Waals surface area contributed by atoms with Crippen LogP contribution < -0.4 is 4.74 Å². The van der Waals surface area contributed by atoms with Gasteiger partial charge >= 0.3 is 12.1 Å². The number of benzene rings is 1. The number of carbonyl (C=O) groups is 2. The zero-order chi connectivity index (χ0) is 26.1. The van der Waals surface area contributed by atoms with E-state index in [1.165, 1.54) is 26.0 Å². The fourth-order valence-corrected chi connectivity index (χ4v) is 3.49. The number of hydrogen-bond donors (Lipinski definition) is 0. The molecule has 8 nitrogen and oxygen atoms in total. The van der Waals surface area contributed by atoms with E-state index in [-0.39, 0.29) is 46.1 Å². The van der Waals surface area contributed by atoms with E-state index in [1.54, 1.807) is 34.6 Å². The monoisotopic (exact) mass is 481 g/mol. The molecule has 0 bridgehead atoms. The van der Waals surface area contributed by atoms with Crippen molar-refractivity contribution >= 4 is 23.0 Å². The summed E-state index contributed by atoms with van der Waals surface area (Å²) in [5, 5.41) is 15.7. The summed E-state index contributed by atoms with van der Waals surface area (Å²) in [6.07, 6.45) is -5.28. The van der Waals surface area contributed by atoms with Crippen LogP contribution in [0.3, 0.4) is 0 Å². The first-order valence-electron chi connectivity index (χ1n) is 10.4. The van der Waals surface area contributed by atoms with Gasteiger partial charge in [-0.25, -0.2) is 9.48 Å². The van der Waals surface area contributed by atoms with E-state index in [0.29, 0.717) is 5.57 Å². The molecular formula is C23H26F3N3O5. The summed E-state index contributed by atoms with van der Waals surface area (Å²) in [6.45, 7) is 11.8. The number of halogens is 3. The van der Waals surface area contributed by atoms with Crippen molar-refractivity contribution < 1.29 is 32.4 Å². The predicted octanol–water partition coefficient (Wildman–Crippen LogP) is 5.58. The minimum atomic E-state index is -5.28. The number of ether oxygens (including phenoxy) is 1. The Morgan fingerprint density at radius 2 is 1.74 bits per heavy atom. The Labute approximate surface area is 194 Å². The smallest absolute Gasteiger partial charge is 0.400 e. The number of rotatable bonds is 7. The van der Waals surface area contributed by atoms with Crippen LogP contribution in [-0.4, -0.2) is 32.6 Å². The molecule has 0 aliphatic heterocycles. The van der Waals surface area contributed by atoms with Crippen LogP contribution in [0.1, 0.15) is 67.4 Å². The lowest BCUT2D eigenvalue weighted by molar-refractivity contribution is -0.385. The molecule has 0 amide bonds. The molecule has 184 valence electrons. The first-order valence-corrected chi connectivity index (χ1v) is 10.4. The third-order valence-electron chi connectivity index (χ3n) is 5.28. The quantitative estimate of drug-likeness (QED) is 0.221. The van der Waals surface area contributed by atoms with E-state index in [4.69, 9.17) is 0 Å². The number of hydrogen-bond acceptors (Lipinski definition) is 6. The normalized spacial score (nSPS) is 11.5. The van der Waals surface area contributed by atoms with E-state index in [9.17, 15) is 32.9 Å². The molecule has 0 aliphatic carbocycles. The maximum atomic E-state index is 13.6. The SMILES string of the molecule is CC(C)=C(C)c1c([N+](=O)[O-])ccc(C(=O)c2c(C)nn(CC(C)C)c2OC(=O)C(F)(F)F)c1C. The Bertz CT molecular complexity index is 1190. The van der Waals surface area contributed by atoms with E-state index in [1.807, 2.05) is 0 Å². The third-order valence-corrected chi connectivity index (χ3v) is 5.28. The molecule has 0 atom stereocenters. The van der Waals surface area contributed by atoms with Gasteiger partial charge in [0.15, 0.2) is 0 Å². The zero-order valence-corrected chi connectivity index (χ0v) is 20.0. The Morgan fingerprint density at radius 1 is 1.15 bits per heavy atom. The molecule has 1 heterocycles. The van der Waals surface area contributed by atoms with Gasteiger partial charge in [0, 0.05) is 18.2 Å². The molecule has 1 aromatic carbocycles. The number of nitrogens with zero attached hydrogens (tertiary/aromatic N) is 3. The Hall–Kier alpha value is -3.50. The fourth-order valence-electron chi connectivity index (χ4n) is 3.49. The molecule has 0 aliphatic rings. The molecule has 0 spiro atoms. The van der Waals surface area contributed by atoms with Crippen molar-refractivity contribution in [2.45, 2.75) is 61.2 Å². The summed E-state index contributed by atoms with van der Waals surface area (Å²) >= 11 is 0. The molecular weight excluding hydrogens is 455 g/mol. The van der Waals surface area contributed by atoms with E-state index < -0.39 is 28.7 Å². The van der Waals surface area contributed by atoms with Gasteiger partial charge in [0.05, 0.1) is 16.2 Å². The Morgan fingerprint density at radius 3 is 2.21 bits per heavy atom. The van der Waals surface area contributed by atoms with Gasteiger partial charge in [-0.3, -0.25) is 14.9 Å². The number of aryl methyl sites for hydroxylation is 1. The van der Waals surface area contributed by atoms with Crippen molar-refractivity contribution in [1.29, 1.82) is 0 Å². The molecule has 0 saturated carbocycles. The summed E-state index contributed by atoms with van der Waals surface area (Å²) in [4.78, 5) is 36.2. The van der Waals surface area contributed by atoms with Crippen LogP contribution in [0.15, 0.2) is 17.7 Å². The highest BCUT2D eigenvalue weighted by Gasteiger charge is 2.43. The van der Waals surface area contributed by atoms with Gasteiger partial charge in [-0.1, -0.05) is 19.4 Å². The predicted molar refractivity (Wildman–Crippen MR) is 119 cm³/mol. The minimum absolute atomic E-state index is 0.0257. The van der Waals surface area contributed by atoms with Crippen LogP contribution in [0.4, 0.5) is 18.9 Å². The van der Waals surface area contributed by atoms with Crippen molar-refractivity contribution in [2.24, 2.45) is 5.92 Å². The number of ketones is 1. The first-order chi connectivity index (χ1) is 15.6. The van der Waals surface area contributed by atoms with Gasteiger partial charge in [-0.05, 0) is 57.7 Å². The summed E-state index contributed by atoms with van der Waals surface area (Å²) < 4.78 is 44.5. The maximum absolute atomic E-state index is 13.6. The second-order valence-electron chi connectivity index (χ2n) is 8.57. The molecule has 0 fully saturated rings. The molecule has 2 rings (SSSR count). The number of allylic oxidation sites excluding steroid dienone is 2. The van der Waals surface area contributed by atoms with Crippen LogP contribution in [0.25, 0.3) is 5.57 Å². The van der Waals surface area contributed by atoms with Gasteiger partial charge in [-0.2, -0.15) is 18.3 Å². The minimum Gasteiger partial charge on any atom is -0.400 e. The average Bonchev–Trinajstić information content (AvgIpc) is 2.99. The van der Waals surface area contributed by atoms with Crippen molar-refractivity contribution in [1.82, 2.24) is 9.78 Å². The van der Waals surface area contributed by atoms with E-state index in [0.717, 1.165) is 10.3 Å². The second kappa shape index (κ2) is 9.78. The van der Waals surface area contributed by atoms with Crippen LogP contribution in [0, 0.1) is 29.9 Å². The number of nitro benzene ring substituents is 1. The first kappa shape index (κ1) is 26.7. The lowest BCUT2D eigenvalue weighted by atomic mass is 9.90. The molecule has 2 aromatic rings. The number of aromatic nitrogens is 2. The van der Waals surface area contributed by atoms with Gasteiger partial charge < -0.3 is 4.74 Å². The number of alkyl halides is 3. The molecule has 0 saturated heterocycles. The lowest BCUT2D eigenvalue weighted by Crippen LogP contribution is -2.29. The Kier molecular flexibility index (Phi) is 7.69. The molecule has 11 heteroatoms. The molecule has 1 aromatic heterocycles. The summed E-state index contributed by atoms with van der Waals surface area (Å²) in [5.41, 5.74) is 1.48.